The van der Waals surface area contributed by atoms with Crippen LogP contribution in [0.2, 0.25) is 0 Å². The van der Waals surface area contributed by atoms with Crippen LogP contribution in [-0.2, 0) is 9.59 Å². The first kappa shape index (κ1) is 31.9. The molecule has 3 saturated carbocycles. The Bertz CT molecular complexity index is 666. The summed E-state index contributed by atoms with van der Waals surface area (Å²) in [7, 11) is 0. The Labute approximate surface area is 214 Å². The van der Waals surface area contributed by atoms with Crippen LogP contribution in [0, 0.1) is 45.8 Å². The number of carbonyl (C=O) groups excluding carboxylic acids is 2. The Balaban J connectivity index is 0.000000468. The first-order chi connectivity index (χ1) is 16.2. The van der Waals surface area contributed by atoms with Crippen LogP contribution in [0.4, 0.5) is 0 Å². The van der Waals surface area contributed by atoms with Crippen LogP contribution in [0.25, 0.3) is 0 Å². The van der Waals surface area contributed by atoms with Crippen molar-refractivity contribution in [2.45, 2.75) is 111 Å². The maximum absolute atomic E-state index is 11.3. The van der Waals surface area contributed by atoms with Crippen molar-refractivity contribution in [2.24, 2.45) is 40.4 Å². The quantitative estimate of drug-likeness (QED) is 0.267. The highest BCUT2D eigenvalue weighted by Gasteiger charge is 2.59. The summed E-state index contributed by atoms with van der Waals surface area (Å²) in [6.45, 7) is 12.2. The molecule has 1 aliphatic heterocycles. The lowest BCUT2D eigenvalue weighted by Gasteiger charge is -2.59. The van der Waals surface area contributed by atoms with Gasteiger partial charge in [0.05, 0.1) is 6.61 Å². The second-order valence-corrected chi connectivity index (χ2v) is 11.9. The van der Waals surface area contributed by atoms with E-state index < -0.39 is 0 Å². The fourth-order valence-corrected chi connectivity index (χ4v) is 8.59. The number of nitrogens with one attached hydrogen (secondary N) is 2. The van der Waals surface area contributed by atoms with Crippen molar-refractivity contribution in [3.63, 3.8) is 0 Å². The minimum absolute atomic E-state index is 0. The van der Waals surface area contributed by atoms with Gasteiger partial charge in [0.1, 0.15) is 12.6 Å². The van der Waals surface area contributed by atoms with Gasteiger partial charge in [0.15, 0.2) is 0 Å². The summed E-state index contributed by atoms with van der Waals surface area (Å²) in [6.07, 6.45) is 15.4. The molecule has 1 saturated heterocycles. The van der Waals surface area contributed by atoms with E-state index in [0.717, 1.165) is 49.1 Å². The lowest BCUT2D eigenvalue weighted by molar-refractivity contribution is -0.118. The maximum Gasteiger partial charge on any atom is 0.120 e. The number of carbonyl (C=O) groups is 2. The minimum atomic E-state index is 0. The number of aliphatic hydroxyl groups excluding tert-OH is 1. The van der Waals surface area contributed by atoms with Crippen LogP contribution in [-0.4, -0.2) is 42.6 Å². The fraction of sp³-hybridized carbons (Fsp3) is 0.897. The minimum Gasteiger partial charge on any atom is -0.395 e. The zero-order valence-electron chi connectivity index (χ0n) is 23.3. The average molecular weight is 494 g/mol. The Morgan fingerprint density at radius 3 is 2.26 bits per heavy atom. The predicted octanol–water partition coefficient (Wildman–Crippen LogP) is 5.99. The summed E-state index contributed by atoms with van der Waals surface area (Å²) in [5.41, 5.74) is 1.65. The topological polar surface area (TPSA) is 125 Å². The smallest absolute Gasteiger partial charge is 0.120 e. The Morgan fingerprint density at radius 1 is 1.09 bits per heavy atom. The molecule has 0 amide bonds. The van der Waals surface area contributed by atoms with Gasteiger partial charge in [-0.05, 0) is 113 Å². The zero-order chi connectivity index (χ0) is 25.4. The third-order valence-corrected chi connectivity index (χ3v) is 10.1. The first-order valence-corrected chi connectivity index (χ1v) is 14.0. The van der Waals surface area contributed by atoms with E-state index in [9.17, 15) is 4.79 Å². The molecule has 35 heavy (non-hydrogen) atoms. The van der Waals surface area contributed by atoms with E-state index in [4.69, 9.17) is 15.3 Å². The molecule has 0 spiro atoms. The lowest BCUT2D eigenvalue weighted by atomic mass is 9.46. The highest BCUT2D eigenvalue weighted by Crippen LogP contribution is 2.66. The van der Waals surface area contributed by atoms with Gasteiger partial charge in [-0.1, -0.05) is 27.2 Å². The molecule has 6 nitrogen and oxygen atoms in total. The summed E-state index contributed by atoms with van der Waals surface area (Å²) < 4.78 is 0. The molecule has 4 aliphatic rings. The van der Waals surface area contributed by atoms with E-state index in [1.165, 1.54) is 71.0 Å². The third kappa shape index (κ3) is 7.01. The van der Waals surface area contributed by atoms with Gasteiger partial charge in [-0.15, -0.1) is 0 Å². The molecule has 4 rings (SSSR count). The number of hydrogen-bond acceptors (Lipinski definition) is 6. The van der Waals surface area contributed by atoms with Gasteiger partial charge in [-0.3, -0.25) is 0 Å². The molecule has 3 aliphatic carbocycles. The van der Waals surface area contributed by atoms with Crippen molar-refractivity contribution in [1.82, 2.24) is 11.5 Å². The summed E-state index contributed by atoms with van der Waals surface area (Å²) in [6, 6.07) is 0.403. The summed E-state index contributed by atoms with van der Waals surface area (Å²) in [4.78, 5) is 20.1. The monoisotopic (exact) mass is 493 g/mol. The van der Waals surface area contributed by atoms with E-state index in [1.54, 1.807) is 0 Å². The number of rotatable bonds is 6. The Hall–Kier alpha value is -1.11. The van der Waals surface area contributed by atoms with Crippen LogP contribution in [0.3, 0.4) is 0 Å². The molecule has 4 fully saturated rings. The summed E-state index contributed by atoms with van der Waals surface area (Å²) >= 11 is 0. The SMILES string of the molecule is CC=O.CCCC1(C)C(CC=O)CCC2C1CCC1(C)C(C(C)=N)CCC21.N.OCC1CCCN1. The number of hydrogen-bond donors (Lipinski definition) is 4. The molecule has 204 valence electrons. The second-order valence-electron chi connectivity index (χ2n) is 11.9. The fourth-order valence-electron chi connectivity index (χ4n) is 8.59. The van der Waals surface area contributed by atoms with Crippen molar-refractivity contribution >= 4 is 18.3 Å². The molecule has 1 heterocycles. The molecular weight excluding hydrogens is 438 g/mol. The standard InChI is InChI=1S/C22H37NO.C5H11NO.C2H4O.H3N/c1-5-12-21(3)16(11-14-24)6-7-17-19-9-8-18(15(2)23)22(19,4)13-10-20(17)21;7-4-5-2-1-3-6-5;1-2-3;/h14,16-20,23H,5-13H2,1-4H3;5-7H,1-4H2;2H,1H3;1H3. The molecule has 0 aromatic carbocycles. The van der Waals surface area contributed by atoms with Gasteiger partial charge in [0.25, 0.3) is 0 Å². The normalized spacial score (nSPS) is 39.4. The first-order valence-electron chi connectivity index (χ1n) is 14.0. The molecule has 0 bridgehead atoms. The molecule has 6 N–H and O–H groups in total. The average Bonchev–Trinajstić information content (AvgIpc) is 3.44. The number of fused-ring (bicyclic) bond motifs is 3. The largest absolute Gasteiger partial charge is 0.395 e. The van der Waals surface area contributed by atoms with Crippen LogP contribution < -0.4 is 11.5 Å². The van der Waals surface area contributed by atoms with Crippen molar-refractivity contribution < 1.29 is 14.7 Å². The molecule has 6 heteroatoms. The maximum atomic E-state index is 11.3. The summed E-state index contributed by atoms with van der Waals surface area (Å²) in [5, 5.41) is 19.9. The van der Waals surface area contributed by atoms with Crippen LogP contribution in [0.1, 0.15) is 105 Å². The van der Waals surface area contributed by atoms with E-state index in [2.05, 4.69) is 26.1 Å². The number of aldehydes is 2. The predicted molar refractivity (Wildman–Crippen MR) is 145 cm³/mol. The lowest BCUT2D eigenvalue weighted by Crippen LogP contribution is -2.52. The van der Waals surface area contributed by atoms with Crippen molar-refractivity contribution in [2.75, 3.05) is 13.2 Å². The van der Waals surface area contributed by atoms with E-state index in [0.29, 0.717) is 35.3 Å². The van der Waals surface area contributed by atoms with Gasteiger partial charge in [-0.2, -0.15) is 0 Å². The van der Waals surface area contributed by atoms with E-state index in [1.807, 2.05) is 6.92 Å². The Morgan fingerprint density at radius 2 is 1.77 bits per heavy atom. The van der Waals surface area contributed by atoms with Gasteiger partial charge >= 0.3 is 0 Å². The molecular formula is C29H55N3O3. The molecule has 8 unspecified atom stereocenters. The third-order valence-electron chi connectivity index (χ3n) is 10.1. The molecule has 0 aromatic rings. The second kappa shape index (κ2) is 14.6. The van der Waals surface area contributed by atoms with Gasteiger partial charge in [0, 0.05) is 24.1 Å². The highest BCUT2D eigenvalue weighted by atomic mass is 16.3. The van der Waals surface area contributed by atoms with Gasteiger partial charge < -0.3 is 31.6 Å². The van der Waals surface area contributed by atoms with E-state index >= 15 is 0 Å². The van der Waals surface area contributed by atoms with Crippen molar-refractivity contribution in [3.05, 3.63) is 0 Å². The van der Waals surface area contributed by atoms with E-state index in [-0.39, 0.29) is 6.15 Å². The highest BCUT2D eigenvalue weighted by molar-refractivity contribution is 5.82. The van der Waals surface area contributed by atoms with Gasteiger partial charge in [-0.25, -0.2) is 0 Å². The Kier molecular flexibility index (Phi) is 13.3. The van der Waals surface area contributed by atoms with Crippen molar-refractivity contribution in [1.29, 1.82) is 5.41 Å². The summed E-state index contributed by atoms with van der Waals surface area (Å²) in [5.74, 6) is 3.58. The molecule has 8 atom stereocenters. The van der Waals surface area contributed by atoms with Crippen LogP contribution in [0.15, 0.2) is 0 Å². The van der Waals surface area contributed by atoms with Crippen LogP contribution in [0.5, 0.6) is 0 Å². The molecule has 0 radical (unpaired) electrons. The van der Waals surface area contributed by atoms with Crippen molar-refractivity contribution in [3.8, 4) is 0 Å². The number of aliphatic hydroxyl groups is 1. The zero-order valence-corrected chi connectivity index (χ0v) is 23.3. The van der Waals surface area contributed by atoms with Crippen LogP contribution >= 0.6 is 0 Å². The molecule has 0 aromatic heterocycles. The van der Waals surface area contributed by atoms with Gasteiger partial charge in [0.2, 0.25) is 0 Å².